The predicted octanol–water partition coefficient (Wildman–Crippen LogP) is 9.64. The first kappa shape index (κ1) is 44.5. The molecule has 0 N–H and O–H groups in total. The molecule has 0 bridgehead atoms. The standard InChI is InChI=1S/C48H53N3O9S/c1-3-5-29-51(48-50-42-17-11-12-18-43(42)61-48)49-33-36-32-40(60-45(53)34-15-9-8-10-16-34)27-28-41(36)47(55)59-38-21-19-35(20-22-38)46(54)58-39-25-23-37(24-26-39)56-30-13-6-7-14-31-57-44(52)4-2/h4,11-12,17-18,23-28,32-35,38H,2,6-10,13-16,19-22,29-31H2,1H3/b49-33+/t35-,38-. The Balaban J connectivity index is 1.03. The van der Waals surface area contributed by atoms with Crippen molar-refractivity contribution in [3.63, 3.8) is 0 Å². The number of carbonyl (C=O) groups excluding carboxylic acids is 4. The lowest BCUT2D eigenvalue weighted by atomic mass is 9.87. The Morgan fingerprint density at radius 2 is 1.49 bits per heavy atom. The summed E-state index contributed by atoms with van der Waals surface area (Å²) in [5.74, 6) is 5.41. The normalized spacial score (nSPS) is 16.5. The number of ether oxygens (including phenoxy) is 5. The number of anilines is 1. The Kier molecular flexibility index (Phi) is 16.9. The first-order valence-electron chi connectivity index (χ1n) is 21.2. The van der Waals surface area contributed by atoms with E-state index in [1.165, 1.54) is 11.3 Å². The van der Waals surface area contributed by atoms with Gasteiger partial charge in [-0.25, -0.2) is 19.6 Å². The highest BCUT2D eigenvalue weighted by molar-refractivity contribution is 7.22. The monoisotopic (exact) mass is 847 g/mol. The molecule has 0 atom stereocenters. The van der Waals surface area contributed by atoms with E-state index in [9.17, 15) is 19.2 Å². The van der Waals surface area contributed by atoms with Gasteiger partial charge in [0.25, 0.3) is 0 Å². The summed E-state index contributed by atoms with van der Waals surface area (Å²) in [6.07, 6.45) is 12.6. The minimum Gasteiger partial charge on any atom is -0.494 e. The van der Waals surface area contributed by atoms with Crippen molar-refractivity contribution in [1.29, 1.82) is 0 Å². The Morgan fingerprint density at radius 1 is 0.820 bits per heavy atom. The maximum atomic E-state index is 13.8. The van der Waals surface area contributed by atoms with E-state index in [0.29, 0.717) is 66.8 Å². The Bertz CT molecular complexity index is 2180. The molecule has 2 aliphatic carbocycles. The van der Waals surface area contributed by atoms with Crippen LogP contribution in [-0.2, 0) is 23.9 Å². The molecule has 3 aromatic carbocycles. The molecule has 1 heterocycles. The van der Waals surface area contributed by atoms with Gasteiger partial charge in [0, 0.05) is 11.6 Å². The van der Waals surface area contributed by atoms with Crippen LogP contribution in [0.15, 0.2) is 84.5 Å². The third-order valence-electron chi connectivity index (χ3n) is 10.7. The second-order valence-corrected chi connectivity index (χ2v) is 16.1. The smallest absolute Gasteiger partial charge is 0.339 e. The molecule has 0 saturated heterocycles. The first-order chi connectivity index (χ1) is 29.8. The molecule has 2 fully saturated rings. The van der Waals surface area contributed by atoms with Crippen molar-refractivity contribution in [2.24, 2.45) is 16.9 Å². The summed E-state index contributed by atoms with van der Waals surface area (Å²) in [4.78, 5) is 55.8. The predicted molar refractivity (Wildman–Crippen MR) is 235 cm³/mol. The van der Waals surface area contributed by atoms with E-state index in [1.807, 2.05) is 24.3 Å². The van der Waals surface area contributed by atoms with Gasteiger partial charge in [-0.2, -0.15) is 5.10 Å². The fourth-order valence-corrected chi connectivity index (χ4v) is 8.19. The van der Waals surface area contributed by atoms with Crippen LogP contribution in [0.1, 0.15) is 106 Å². The minimum atomic E-state index is -0.536. The molecule has 4 aromatic rings. The molecule has 61 heavy (non-hydrogen) atoms. The number of nitrogens with zero attached hydrogens (tertiary/aromatic N) is 3. The fourth-order valence-electron chi connectivity index (χ4n) is 7.26. The van der Waals surface area contributed by atoms with Crippen molar-refractivity contribution in [1.82, 2.24) is 4.98 Å². The van der Waals surface area contributed by atoms with Gasteiger partial charge in [0.15, 0.2) is 0 Å². The molecule has 0 radical (unpaired) electrons. The number of carbonyl (C=O) groups is 4. The average molecular weight is 848 g/mol. The highest BCUT2D eigenvalue weighted by atomic mass is 32.1. The Labute approximate surface area is 361 Å². The van der Waals surface area contributed by atoms with Crippen molar-refractivity contribution in [3.05, 3.63) is 90.5 Å². The number of aromatic nitrogens is 1. The van der Waals surface area contributed by atoms with Gasteiger partial charge in [0.1, 0.15) is 29.9 Å². The number of fused-ring (bicyclic) bond motifs is 1. The van der Waals surface area contributed by atoms with E-state index in [0.717, 1.165) is 74.1 Å². The molecule has 13 heteroatoms. The molecule has 12 nitrogen and oxygen atoms in total. The molecule has 1 aromatic heterocycles. The highest BCUT2D eigenvalue weighted by Crippen LogP contribution is 2.32. The van der Waals surface area contributed by atoms with Crippen LogP contribution < -0.4 is 19.2 Å². The number of rotatable bonds is 19. The number of benzene rings is 3. The van der Waals surface area contributed by atoms with Gasteiger partial charge in [0.05, 0.1) is 47.0 Å². The molecular formula is C48H53N3O9S. The second-order valence-electron chi connectivity index (χ2n) is 15.1. The van der Waals surface area contributed by atoms with Crippen molar-refractivity contribution >= 4 is 56.8 Å². The molecule has 6 rings (SSSR count). The molecule has 0 unspecified atom stereocenters. The number of esters is 4. The van der Waals surface area contributed by atoms with Crippen LogP contribution in [0.25, 0.3) is 10.2 Å². The summed E-state index contributed by atoms with van der Waals surface area (Å²) in [5, 5.41) is 7.06. The lowest BCUT2D eigenvalue weighted by Gasteiger charge is -2.27. The summed E-state index contributed by atoms with van der Waals surface area (Å²) < 4.78 is 29.4. The van der Waals surface area contributed by atoms with Gasteiger partial charge in [-0.1, -0.05) is 55.2 Å². The quantitative estimate of drug-likeness (QED) is 0.0169. The average Bonchev–Trinajstić information content (AvgIpc) is 3.72. The first-order valence-corrected chi connectivity index (χ1v) is 22.0. The van der Waals surface area contributed by atoms with E-state index in [-0.39, 0.29) is 35.9 Å². The van der Waals surface area contributed by atoms with Crippen molar-refractivity contribution in [2.45, 2.75) is 96.5 Å². The summed E-state index contributed by atoms with van der Waals surface area (Å²) in [7, 11) is 0. The maximum Gasteiger partial charge on any atom is 0.339 e. The fraction of sp³-hybridized carbons (Fsp3) is 0.417. The van der Waals surface area contributed by atoms with E-state index in [2.05, 4.69) is 18.4 Å². The van der Waals surface area contributed by atoms with Crippen molar-refractivity contribution < 1.29 is 42.9 Å². The molecule has 320 valence electrons. The molecular weight excluding hydrogens is 795 g/mol. The number of thiazole rings is 1. The number of unbranched alkanes of at least 4 members (excludes halogenated alkanes) is 3. The zero-order valence-electron chi connectivity index (χ0n) is 34.7. The third kappa shape index (κ3) is 13.5. The van der Waals surface area contributed by atoms with Gasteiger partial charge >= 0.3 is 23.9 Å². The van der Waals surface area contributed by atoms with Crippen LogP contribution in [0.3, 0.4) is 0 Å². The number of para-hydroxylation sites is 1. The summed E-state index contributed by atoms with van der Waals surface area (Å²) in [6, 6.07) is 19.7. The van der Waals surface area contributed by atoms with E-state index in [4.69, 9.17) is 33.8 Å². The zero-order chi connectivity index (χ0) is 42.8. The lowest BCUT2D eigenvalue weighted by molar-refractivity contribution is -0.141. The van der Waals surface area contributed by atoms with Crippen LogP contribution in [-0.4, -0.2) is 60.9 Å². The van der Waals surface area contributed by atoms with E-state index in [1.54, 1.807) is 60.6 Å². The van der Waals surface area contributed by atoms with Gasteiger partial charge in [-0.05, 0) is 126 Å². The second kappa shape index (κ2) is 23.1. The third-order valence-corrected chi connectivity index (χ3v) is 11.7. The number of hydrogen-bond acceptors (Lipinski definition) is 13. The Morgan fingerprint density at radius 3 is 2.21 bits per heavy atom. The molecule has 2 saturated carbocycles. The van der Waals surface area contributed by atoms with Crippen molar-refractivity contribution in [3.8, 4) is 29.1 Å². The number of hydrogen-bond donors (Lipinski definition) is 0. The summed E-state index contributed by atoms with van der Waals surface area (Å²) in [5.41, 5.74) is 1.53. The van der Waals surface area contributed by atoms with Crippen LogP contribution in [0, 0.1) is 23.7 Å². The van der Waals surface area contributed by atoms with Gasteiger partial charge in [0.2, 0.25) is 5.13 Å². The number of hydrazone groups is 1. The van der Waals surface area contributed by atoms with Crippen LogP contribution >= 0.6 is 11.3 Å². The maximum absolute atomic E-state index is 13.8. The minimum absolute atomic E-state index is 0.146. The Hall–Kier alpha value is -6.00. The van der Waals surface area contributed by atoms with Crippen molar-refractivity contribution in [2.75, 3.05) is 24.8 Å². The molecule has 0 amide bonds. The summed E-state index contributed by atoms with van der Waals surface area (Å²) in [6.45, 7) is 6.35. The van der Waals surface area contributed by atoms with Crippen LogP contribution in [0.4, 0.5) is 5.13 Å². The largest absolute Gasteiger partial charge is 0.494 e. The van der Waals surface area contributed by atoms with Gasteiger partial charge in [-0.3, -0.25) is 9.59 Å². The van der Waals surface area contributed by atoms with E-state index < -0.39 is 18.0 Å². The molecule has 0 aliphatic heterocycles. The van der Waals surface area contributed by atoms with Crippen LogP contribution in [0.2, 0.25) is 0 Å². The lowest BCUT2D eigenvalue weighted by Crippen LogP contribution is -2.30. The summed E-state index contributed by atoms with van der Waals surface area (Å²) >= 11 is 1.48. The van der Waals surface area contributed by atoms with Gasteiger partial charge in [-0.15, -0.1) is 5.92 Å². The zero-order valence-corrected chi connectivity index (χ0v) is 35.5. The SMILES string of the molecule is C=CC(=O)OCCCCCCOc1ccc(OC(=O)[C@H]2CC[C@H](OC(=O)c3ccc(OC(=O)C4CCCCC4)cc3/C=N/N(CC#CC)c3nc4ccccc4s3)CC2)cc1. The van der Waals surface area contributed by atoms with Crippen LogP contribution in [0.5, 0.6) is 17.2 Å². The van der Waals surface area contributed by atoms with Gasteiger partial charge < -0.3 is 23.7 Å². The molecule has 2 aliphatic rings. The molecule has 0 spiro atoms. The topological polar surface area (TPSA) is 143 Å². The van der Waals surface area contributed by atoms with E-state index >= 15 is 0 Å². The highest BCUT2D eigenvalue weighted by Gasteiger charge is 2.31.